The van der Waals surface area contributed by atoms with Crippen molar-refractivity contribution >= 4 is 11.6 Å². The molecule has 2 aliphatic carbocycles. The van der Waals surface area contributed by atoms with E-state index >= 15 is 0 Å². The van der Waals surface area contributed by atoms with Crippen molar-refractivity contribution in [2.24, 2.45) is 11.3 Å². The Morgan fingerprint density at radius 3 is 3.08 bits per heavy atom. The molecule has 0 aromatic rings. The van der Waals surface area contributed by atoms with Gasteiger partial charge in [-0.25, -0.2) is 0 Å². The summed E-state index contributed by atoms with van der Waals surface area (Å²) in [6, 6.07) is 0. The van der Waals surface area contributed by atoms with Crippen LogP contribution in [0.15, 0.2) is 0 Å². The summed E-state index contributed by atoms with van der Waals surface area (Å²) >= 11 is 0. The van der Waals surface area contributed by atoms with Gasteiger partial charge in [-0.15, -0.1) is 0 Å². The van der Waals surface area contributed by atoms with Gasteiger partial charge in [0.1, 0.15) is 11.6 Å². The maximum absolute atomic E-state index is 11.4. The molecule has 2 nitrogen and oxygen atoms in total. The van der Waals surface area contributed by atoms with Crippen LogP contribution < -0.4 is 0 Å². The predicted octanol–water partition coefficient (Wildman–Crippen LogP) is 2.11. The minimum Gasteiger partial charge on any atom is -0.300 e. The molecule has 2 fully saturated rings. The molecule has 13 heavy (non-hydrogen) atoms. The summed E-state index contributed by atoms with van der Waals surface area (Å²) in [7, 11) is 0. The molecule has 0 bridgehead atoms. The highest BCUT2D eigenvalue weighted by Gasteiger charge is 2.58. The van der Waals surface area contributed by atoms with Crippen LogP contribution in [0, 0.1) is 11.3 Å². The third-order valence-electron chi connectivity index (χ3n) is 3.65. The highest BCUT2D eigenvalue weighted by atomic mass is 16.1. The lowest BCUT2D eigenvalue weighted by atomic mass is 9.84. The van der Waals surface area contributed by atoms with Crippen LogP contribution in [0.3, 0.4) is 0 Å². The molecule has 0 saturated heterocycles. The van der Waals surface area contributed by atoms with Gasteiger partial charge in [-0.2, -0.15) is 0 Å². The van der Waals surface area contributed by atoms with Crippen molar-refractivity contribution in [2.75, 3.05) is 0 Å². The van der Waals surface area contributed by atoms with Crippen LogP contribution in [0.4, 0.5) is 0 Å². The van der Waals surface area contributed by atoms with Crippen molar-refractivity contribution in [2.45, 2.75) is 45.4 Å². The molecule has 2 unspecified atom stereocenters. The van der Waals surface area contributed by atoms with Crippen molar-refractivity contribution in [3.8, 4) is 0 Å². The number of Topliss-reactive ketones (excluding diaryl/α,β-unsaturated/α-hetero) is 2. The summed E-state index contributed by atoms with van der Waals surface area (Å²) in [5, 5.41) is 0. The van der Waals surface area contributed by atoms with Gasteiger partial charge in [-0.1, -0.05) is 0 Å². The fraction of sp³-hybridized carbons (Fsp3) is 0.818. The third kappa shape index (κ3) is 1.54. The molecule has 0 spiro atoms. The Morgan fingerprint density at radius 2 is 2.38 bits per heavy atom. The van der Waals surface area contributed by atoms with Gasteiger partial charge in [-0.05, 0) is 38.0 Å². The molecule has 0 aromatic carbocycles. The molecular weight excluding hydrogens is 164 g/mol. The Hall–Kier alpha value is -0.660. The van der Waals surface area contributed by atoms with Gasteiger partial charge in [-0.3, -0.25) is 4.79 Å². The second-order valence-corrected chi connectivity index (χ2v) is 4.64. The first-order chi connectivity index (χ1) is 6.14. The summed E-state index contributed by atoms with van der Waals surface area (Å²) in [4.78, 5) is 22.2. The molecule has 0 heterocycles. The molecule has 0 aromatic heterocycles. The van der Waals surface area contributed by atoms with Crippen molar-refractivity contribution in [1.82, 2.24) is 0 Å². The van der Waals surface area contributed by atoms with E-state index in [-0.39, 0.29) is 11.2 Å². The zero-order valence-corrected chi connectivity index (χ0v) is 8.14. The Balaban J connectivity index is 1.92. The summed E-state index contributed by atoms with van der Waals surface area (Å²) < 4.78 is 0. The van der Waals surface area contributed by atoms with Crippen LogP contribution in [0.25, 0.3) is 0 Å². The fourth-order valence-electron chi connectivity index (χ4n) is 2.69. The monoisotopic (exact) mass is 180 g/mol. The van der Waals surface area contributed by atoms with Crippen LogP contribution in [-0.2, 0) is 9.59 Å². The van der Waals surface area contributed by atoms with Gasteiger partial charge < -0.3 is 4.79 Å². The Morgan fingerprint density at radius 1 is 1.62 bits per heavy atom. The zero-order valence-electron chi connectivity index (χ0n) is 8.14. The molecule has 0 aliphatic heterocycles. The summed E-state index contributed by atoms with van der Waals surface area (Å²) in [5.41, 5.74) is 0.279. The second kappa shape index (κ2) is 2.93. The second-order valence-electron chi connectivity index (χ2n) is 4.64. The Labute approximate surface area is 78.7 Å². The van der Waals surface area contributed by atoms with Gasteiger partial charge in [0.2, 0.25) is 0 Å². The fourth-order valence-corrected chi connectivity index (χ4v) is 2.69. The number of ketones is 2. The van der Waals surface area contributed by atoms with Crippen LogP contribution >= 0.6 is 0 Å². The molecular formula is C11H16O2. The number of rotatable bonds is 3. The van der Waals surface area contributed by atoms with Crippen LogP contribution in [0.1, 0.15) is 45.4 Å². The normalized spacial score (nSPS) is 37.0. The van der Waals surface area contributed by atoms with E-state index in [0.29, 0.717) is 18.1 Å². The molecule has 2 rings (SSSR count). The van der Waals surface area contributed by atoms with E-state index in [4.69, 9.17) is 0 Å². The van der Waals surface area contributed by atoms with E-state index in [2.05, 4.69) is 0 Å². The van der Waals surface area contributed by atoms with Gasteiger partial charge in [0.15, 0.2) is 0 Å². The lowest BCUT2D eigenvalue weighted by Gasteiger charge is -2.20. The number of carbonyl (C=O) groups excluding carboxylic acids is 2. The van der Waals surface area contributed by atoms with Crippen LogP contribution in [-0.4, -0.2) is 11.6 Å². The summed E-state index contributed by atoms with van der Waals surface area (Å²) in [6.07, 6.45) is 5.71. The van der Waals surface area contributed by atoms with Gasteiger partial charge in [0, 0.05) is 18.8 Å². The number of fused-ring (bicyclic) bond motifs is 1. The SMILES string of the molecule is CC(=O)CCC12CCCC(=O)C1C2. The third-order valence-corrected chi connectivity index (χ3v) is 3.65. The van der Waals surface area contributed by atoms with Gasteiger partial charge >= 0.3 is 0 Å². The maximum atomic E-state index is 11.4. The molecule has 2 atom stereocenters. The van der Waals surface area contributed by atoms with Crippen LogP contribution in [0.2, 0.25) is 0 Å². The number of hydrogen-bond acceptors (Lipinski definition) is 2. The number of hydrogen-bond donors (Lipinski definition) is 0. The first kappa shape index (κ1) is 8.92. The molecule has 0 radical (unpaired) electrons. The molecule has 2 heteroatoms. The molecule has 2 aliphatic rings. The lowest BCUT2D eigenvalue weighted by molar-refractivity contribution is -0.123. The van der Waals surface area contributed by atoms with Crippen LogP contribution in [0.5, 0.6) is 0 Å². The largest absolute Gasteiger partial charge is 0.300 e. The maximum Gasteiger partial charge on any atom is 0.136 e. The molecule has 72 valence electrons. The lowest BCUT2D eigenvalue weighted by Crippen LogP contribution is -2.17. The van der Waals surface area contributed by atoms with E-state index in [1.807, 2.05) is 0 Å². The highest BCUT2D eigenvalue weighted by molar-refractivity contribution is 5.86. The molecule has 0 amide bonds. The number of carbonyl (C=O) groups is 2. The first-order valence-corrected chi connectivity index (χ1v) is 5.16. The standard InChI is InChI=1S/C11H16O2/c1-8(12)4-6-11-5-2-3-10(13)9(11)7-11/h9H,2-7H2,1H3. The van der Waals surface area contributed by atoms with Crippen molar-refractivity contribution in [1.29, 1.82) is 0 Å². The van der Waals surface area contributed by atoms with Gasteiger partial charge in [0.05, 0.1) is 0 Å². The van der Waals surface area contributed by atoms with Crippen molar-refractivity contribution in [3.05, 3.63) is 0 Å². The molecule has 0 N–H and O–H groups in total. The zero-order chi connectivity index (χ0) is 9.47. The minimum atomic E-state index is 0.262. The highest BCUT2D eigenvalue weighted by Crippen LogP contribution is 2.62. The van der Waals surface area contributed by atoms with E-state index in [9.17, 15) is 9.59 Å². The van der Waals surface area contributed by atoms with E-state index in [0.717, 1.165) is 25.7 Å². The summed E-state index contributed by atoms with van der Waals surface area (Å²) in [6.45, 7) is 1.64. The predicted molar refractivity (Wildman–Crippen MR) is 49.3 cm³/mol. The van der Waals surface area contributed by atoms with Crippen molar-refractivity contribution in [3.63, 3.8) is 0 Å². The van der Waals surface area contributed by atoms with Gasteiger partial charge in [0.25, 0.3) is 0 Å². The average Bonchev–Trinajstić information content (AvgIpc) is 2.78. The Kier molecular flexibility index (Phi) is 2.01. The molecule has 2 saturated carbocycles. The van der Waals surface area contributed by atoms with Crippen molar-refractivity contribution < 1.29 is 9.59 Å². The van der Waals surface area contributed by atoms with E-state index < -0.39 is 0 Å². The first-order valence-electron chi connectivity index (χ1n) is 5.16. The Bertz CT molecular complexity index is 257. The topological polar surface area (TPSA) is 34.1 Å². The smallest absolute Gasteiger partial charge is 0.136 e. The van der Waals surface area contributed by atoms with E-state index in [1.165, 1.54) is 6.42 Å². The quantitative estimate of drug-likeness (QED) is 0.666. The van der Waals surface area contributed by atoms with E-state index in [1.54, 1.807) is 6.92 Å². The minimum absolute atomic E-state index is 0.262. The average molecular weight is 180 g/mol. The summed E-state index contributed by atoms with van der Waals surface area (Å²) in [5.74, 6) is 1.05.